The van der Waals surface area contributed by atoms with Gasteiger partial charge in [-0.3, -0.25) is 0 Å². The normalized spacial score (nSPS) is 61.6. The van der Waals surface area contributed by atoms with Gasteiger partial charge in [0.2, 0.25) is 0 Å². The topological polar surface area (TPSA) is 103 Å². The smallest absolute Gasteiger partial charge is 0.129 e. The Morgan fingerprint density at radius 1 is 1.33 bits per heavy atom. The SMILES string of the molecule is CC1=C[C@H]2O[C@@H]3[C@H](O)[C@@H](O)[C@](C)([C@@]2(CO)C[C@@H]1O)[C@@]31CO1. The first-order valence-corrected chi connectivity index (χ1v) is 7.47. The molecule has 0 amide bonds. The Kier molecular flexibility index (Phi) is 2.60. The first-order chi connectivity index (χ1) is 9.84. The molecule has 0 aromatic heterocycles. The van der Waals surface area contributed by atoms with Gasteiger partial charge in [0.05, 0.1) is 31.5 Å². The number of hydrogen-bond acceptors (Lipinski definition) is 6. The monoisotopic (exact) mass is 298 g/mol. The molecule has 0 radical (unpaired) electrons. The molecular weight excluding hydrogens is 276 g/mol. The fourth-order valence-corrected chi connectivity index (χ4v) is 5.06. The third-order valence-corrected chi connectivity index (χ3v) is 6.67. The van der Waals surface area contributed by atoms with Crippen LogP contribution in [0.4, 0.5) is 0 Å². The maximum absolute atomic E-state index is 10.7. The molecule has 1 spiro atoms. The van der Waals surface area contributed by atoms with E-state index in [4.69, 9.17) is 9.47 Å². The van der Waals surface area contributed by atoms with E-state index < -0.39 is 47.0 Å². The Labute approximate surface area is 123 Å². The molecule has 0 unspecified atom stereocenters. The first-order valence-electron chi connectivity index (χ1n) is 7.47. The Morgan fingerprint density at radius 2 is 2.00 bits per heavy atom. The predicted octanol–water partition coefficient (Wildman–Crippen LogP) is -1.05. The van der Waals surface area contributed by atoms with Crippen molar-refractivity contribution in [2.24, 2.45) is 10.8 Å². The molecule has 118 valence electrons. The zero-order valence-corrected chi connectivity index (χ0v) is 12.2. The van der Waals surface area contributed by atoms with Crippen LogP contribution in [0.3, 0.4) is 0 Å². The fourth-order valence-electron chi connectivity index (χ4n) is 5.06. The lowest BCUT2D eigenvalue weighted by Gasteiger charge is -2.58. The highest BCUT2D eigenvalue weighted by atomic mass is 16.6. The summed E-state index contributed by atoms with van der Waals surface area (Å²) in [5, 5.41) is 41.5. The minimum absolute atomic E-state index is 0.239. The second kappa shape index (κ2) is 3.88. The van der Waals surface area contributed by atoms with E-state index in [1.807, 2.05) is 19.9 Å². The molecule has 4 aliphatic rings. The van der Waals surface area contributed by atoms with Crippen molar-refractivity contribution in [3.8, 4) is 0 Å². The van der Waals surface area contributed by atoms with Gasteiger partial charge in [-0.15, -0.1) is 0 Å². The van der Waals surface area contributed by atoms with E-state index in [-0.39, 0.29) is 13.0 Å². The largest absolute Gasteiger partial charge is 0.396 e. The third kappa shape index (κ3) is 1.27. The molecule has 4 N–H and O–H groups in total. The average Bonchev–Trinajstić information content (AvgIpc) is 3.24. The van der Waals surface area contributed by atoms with Gasteiger partial charge in [0.15, 0.2) is 0 Å². The second-order valence-electron chi connectivity index (χ2n) is 7.24. The summed E-state index contributed by atoms with van der Waals surface area (Å²) in [6, 6.07) is 0. The van der Waals surface area contributed by atoms with Crippen molar-refractivity contribution in [2.45, 2.75) is 56.4 Å². The summed E-state index contributed by atoms with van der Waals surface area (Å²) in [5.74, 6) is 0. The number of hydrogen-bond donors (Lipinski definition) is 4. The average molecular weight is 298 g/mol. The quantitative estimate of drug-likeness (QED) is 0.364. The summed E-state index contributed by atoms with van der Waals surface area (Å²) >= 11 is 0. The van der Waals surface area contributed by atoms with Crippen LogP contribution in [-0.2, 0) is 9.47 Å². The van der Waals surface area contributed by atoms with E-state index in [1.54, 1.807) is 0 Å². The second-order valence-corrected chi connectivity index (χ2v) is 7.24. The number of fused-ring (bicyclic) bond motifs is 2. The Morgan fingerprint density at radius 3 is 2.57 bits per heavy atom. The van der Waals surface area contributed by atoms with E-state index in [1.165, 1.54) is 0 Å². The molecule has 6 nitrogen and oxygen atoms in total. The van der Waals surface area contributed by atoms with Crippen LogP contribution in [0.5, 0.6) is 0 Å². The van der Waals surface area contributed by atoms with Crippen LogP contribution in [0.2, 0.25) is 0 Å². The van der Waals surface area contributed by atoms with Crippen molar-refractivity contribution >= 4 is 0 Å². The maximum atomic E-state index is 10.7. The predicted molar refractivity (Wildman–Crippen MR) is 71.4 cm³/mol. The van der Waals surface area contributed by atoms with Crippen molar-refractivity contribution in [3.63, 3.8) is 0 Å². The molecule has 4 rings (SSSR count). The summed E-state index contributed by atoms with van der Waals surface area (Å²) in [6.45, 7) is 3.83. The van der Waals surface area contributed by atoms with E-state index >= 15 is 0 Å². The lowest BCUT2D eigenvalue weighted by molar-refractivity contribution is -0.233. The highest BCUT2D eigenvalue weighted by Crippen LogP contribution is 2.71. The molecule has 2 aliphatic heterocycles. The Balaban J connectivity index is 1.92. The summed E-state index contributed by atoms with van der Waals surface area (Å²) in [5.41, 5.74) is -1.69. The van der Waals surface area contributed by atoms with E-state index in [0.29, 0.717) is 6.61 Å². The molecule has 21 heavy (non-hydrogen) atoms. The molecule has 2 heterocycles. The van der Waals surface area contributed by atoms with Gasteiger partial charge in [-0.25, -0.2) is 0 Å². The van der Waals surface area contributed by atoms with Crippen molar-refractivity contribution in [2.75, 3.05) is 13.2 Å². The third-order valence-electron chi connectivity index (χ3n) is 6.67. The van der Waals surface area contributed by atoms with Gasteiger partial charge < -0.3 is 29.9 Å². The lowest BCUT2D eigenvalue weighted by atomic mass is 9.51. The standard InChI is InChI=1S/C15H22O6/c1-7-3-9-14(5-16,4-8(7)17)13(2)11(19)10(18)12(21-9)15(13)6-20-15/h3,8-12,16-19H,4-6H2,1-2H3/t8-,9+,10+,11+,12+,13+,14+,15+/m0/s1. The molecule has 0 aromatic rings. The van der Waals surface area contributed by atoms with Crippen molar-refractivity contribution in [1.29, 1.82) is 0 Å². The molecule has 8 atom stereocenters. The van der Waals surface area contributed by atoms with Crippen LogP contribution in [0.15, 0.2) is 11.6 Å². The highest BCUT2D eigenvalue weighted by molar-refractivity contribution is 5.35. The summed E-state index contributed by atoms with van der Waals surface area (Å²) in [7, 11) is 0. The lowest BCUT2D eigenvalue weighted by Crippen LogP contribution is -2.67. The van der Waals surface area contributed by atoms with Crippen LogP contribution < -0.4 is 0 Å². The first kappa shape index (κ1) is 14.1. The van der Waals surface area contributed by atoms with Gasteiger partial charge >= 0.3 is 0 Å². The van der Waals surface area contributed by atoms with Crippen molar-refractivity contribution < 1.29 is 29.9 Å². The van der Waals surface area contributed by atoms with Crippen LogP contribution in [-0.4, -0.2) is 69.8 Å². The van der Waals surface area contributed by atoms with E-state index in [2.05, 4.69) is 0 Å². The number of ether oxygens (including phenoxy) is 2. The summed E-state index contributed by atoms with van der Waals surface area (Å²) in [6.07, 6.45) is -1.72. The van der Waals surface area contributed by atoms with Gasteiger partial charge in [-0.1, -0.05) is 13.0 Å². The zero-order chi connectivity index (χ0) is 15.2. The fraction of sp³-hybridized carbons (Fsp3) is 0.867. The van der Waals surface area contributed by atoms with Gasteiger partial charge in [0, 0.05) is 10.8 Å². The summed E-state index contributed by atoms with van der Waals surface area (Å²) in [4.78, 5) is 0. The Hall–Kier alpha value is -0.500. The van der Waals surface area contributed by atoms with Crippen LogP contribution in [0, 0.1) is 10.8 Å². The number of aliphatic hydroxyl groups is 4. The minimum Gasteiger partial charge on any atom is -0.396 e. The molecule has 2 saturated heterocycles. The zero-order valence-electron chi connectivity index (χ0n) is 12.2. The van der Waals surface area contributed by atoms with Crippen LogP contribution in [0.25, 0.3) is 0 Å². The highest BCUT2D eigenvalue weighted by Gasteiger charge is 2.84. The van der Waals surface area contributed by atoms with Gasteiger partial charge in [0.25, 0.3) is 0 Å². The van der Waals surface area contributed by atoms with Crippen LogP contribution >= 0.6 is 0 Å². The van der Waals surface area contributed by atoms with Crippen LogP contribution in [0.1, 0.15) is 20.3 Å². The molecule has 2 aliphatic carbocycles. The van der Waals surface area contributed by atoms with E-state index in [9.17, 15) is 20.4 Å². The summed E-state index contributed by atoms with van der Waals surface area (Å²) < 4.78 is 11.7. The molecule has 2 bridgehead atoms. The van der Waals surface area contributed by atoms with Gasteiger partial charge in [0.1, 0.15) is 17.8 Å². The van der Waals surface area contributed by atoms with Crippen molar-refractivity contribution in [1.82, 2.24) is 0 Å². The number of rotatable bonds is 1. The number of aliphatic hydroxyl groups excluding tert-OH is 4. The van der Waals surface area contributed by atoms with E-state index in [0.717, 1.165) is 5.57 Å². The van der Waals surface area contributed by atoms with Gasteiger partial charge in [-0.2, -0.15) is 0 Å². The molecule has 0 aromatic carbocycles. The minimum atomic E-state index is -1.05. The Bertz CT molecular complexity index is 514. The molecule has 3 fully saturated rings. The maximum Gasteiger partial charge on any atom is 0.129 e. The van der Waals surface area contributed by atoms with Crippen molar-refractivity contribution in [3.05, 3.63) is 11.6 Å². The number of epoxide rings is 1. The molecular formula is C15H22O6. The molecule has 1 saturated carbocycles. The van der Waals surface area contributed by atoms with Gasteiger partial charge in [-0.05, 0) is 18.9 Å². The molecule has 6 heteroatoms.